The Morgan fingerprint density at radius 1 is 1.39 bits per heavy atom. The van der Waals surface area contributed by atoms with Crippen LogP contribution in [0.25, 0.3) is 10.9 Å². The molecular weight excluding hydrogens is 298 g/mol. The summed E-state index contributed by atoms with van der Waals surface area (Å²) in [6.07, 6.45) is 0.477. The molecule has 1 aromatic heterocycles. The minimum Gasteiger partial charge on any atom is -0.481 e. The number of nitrogens with one attached hydrogen (secondary N) is 1. The third-order valence-electron chi connectivity index (χ3n) is 3.35. The van der Waals surface area contributed by atoms with E-state index < -0.39 is 11.9 Å². The van der Waals surface area contributed by atoms with Crippen molar-refractivity contribution in [2.45, 2.75) is 12.8 Å². The van der Waals surface area contributed by atoms with Gasteiger partial charge in [0.05, 0.1) is 5.92 Å². The van der Waals surface area contributed by atoms with Crippen molar-refractivity contribution in [3.05, 3.63) is 33.9 Å². The van der Waals surface area contributed by atoms with Gasteiger partial charge in [0.15, 0.2) is 5.78 Å². The van der Waals surface area contributed by atoms with Crippen LogP contribution in [0.2, 0.25) is 0 Å². The zero-order chi connectivity index (χ0) is 12.9. The lowest BCUT2D eigenvalue weighted by Crippen LogP contribution is -2.25. The summed E-state index contributed by atoms with van der Waals surface area (Å²) in [5, 5.41) is 9.90. The Morgan fingerprint density at radius 3 is 2.89 bits per heavy atom. The average Bonchev–Trinajstić information content (AvgIpc) is 2.66. The number of Topliss-reactive ketones (excluding diaryl/α,β-unsaturated/α-hetero) is 1. The van der Waals surface area contributed by atoms with Gasteiger partial charge >= 0.3 is 5.97 Å². The lowest BCUT2D eigenvalue weighted by atomic mass is 9.86. The number of rotatable bonds is 1. The van der Waals surface area contributed by atoms with Gasteiger partial charge < -0.3 is 10.1 Å². The maximum Gasteiger partial charge on any atom is 0.307 e. The van der Waals surface area contributed by atoms with Crippen molar-refractivity contribution in [1.82, 2.24) is 4.98 Å². The molecular formula is C13H10BrNO3. The number of hydrogen-bond donors (Lipinski definition) is 2. The molecule has 0 bridgehead atoms. The Kier molecular flexibility index (Phi) is 2.52. The molecule has 2 N–H and O–H groups in total. The summed E-state index contributed by atoms with van der Waals surface area (Å²) in [7, 11) is 0. The third-order valence-corrected chi connectivity index (χ3v) is 3.84. The second kappa shape index (κ2) is 3.95. The fourth-order valence-electron chi connectivity index (χ4n) is 2.51. The van der Waals surface area contributed by atoms with Crippen LogP contribution < -0.4 is 0 Å². The molecule has 0 amide bonds. The van der Waals surface area contributed by atoms with Crippen LogP contribution in [0.5, 0.6) is 0 Å². The highest BCUT2D eigenvalue weighted by Gasteiger charge is 2.32. The number of aromatic amines is 1. The topological polar surface area (TPSA) is 70.2 Å². The van der Waals surface area contributed by atoms with Crippen molar-refractivity contribution >= 4 is 38.6 Å². The zero-order valence-electron chi connectivity index (χ0n) is 9.37. The number of fused-ring (bicyclic) bond motifs is 3. The molecule has 1 aliphatic rings. The first-order valence-electron chi connectivity index (χ1n) is 5.62. The number of aromatic nitrogens is 1. The van der Waals surface area contributed by atoms with Crippen LogP contribution >= 0.6 is 15.9 Å². The molecule has 1 heterocycles. The number of carbonyl (C=O) groups excluding carboxylic acids is 1. The summed E-state index contributed by atoms with van der Waals surface area (Å²) in [6.45, 7) is 0. The number of halogens is 1. The normalized spacial score (nSPS) is 18.9. The predicted molar refractivity (Wildman–Crippen MR) is 69.8 cm³/mol. The van der Waals surface area contributed by atoms with Crippen molar-refractivity contribution < 1.29 is 14.7 Å². The van der Waals surface area contributed by atoms with E-state index >= 15 is 0 Å². The van der Waals surface area contributed by atoms with Gasteiger partial charge in [0.1, 0.15) is 0 Å². The largest absolute Gasteiger partial charge is 0.481 e. The van der Waals surface area contributed by atoms with Crippen LogP contribution in [0.1, 0.15) is 22.5 Å². The Bertz CT molecular complexity index is 674. The second-order valence-corrected chi connectivity index (χ2v) is 5.45. The smallest absolute Gasteiger partial charge is 0.307 e. The van der Waals surface area contributed by atoms with E-state index in [9.17, 15) is 9.59 Å². The van der Waals surface area contributed by atoms with E-state index in [0.29, 0.717) is 12.0 Å². The molecule has 0 saturated carbocycles. The van der Waals surface area contributed by atoms with Gasteiger partial charge in [-0.15, -0.1) is 0 Å². The van der Waals surface area contributed by atoms with Gasteiger partial charge in [0.25, 0.3) is 0 Å². The number of benzene rings is 1. The van der Waals surface area contributed by atoms with E-state index in [2.05, 4.69) is 20.9 Å². The number of carboxylic acids is 1. The highest BCUT2D eigenvalue weighted by atomic mass is 79.9. The molecule has 1 aromatic carbocycles. The van der Waals surface area contributed by atoms with Crippen LogP contribution in [0.3, 0.4) is 0 Å². The number of ketones is 1. The third kappa shape index (κ3) is 1.66. The lowest BCUT2D eigenvalue weighted by molar-refractivity contribution is -0.141. The first kappa shape index (κ1) is 11.5. The molecule has 1 atom stereocenters. The Morgan fingerprint density at radius 2 is 2.17 bits per heavy atom. The number of aliphatic carboxylic acids is 1. The van der Waals surface area contributed by atoms with Crippen LogP contribution in [0, 0.1) is 5.92 Å². The van der Waals surface area contributed by atoms with Crippen LogP contribution in [-0.4, -0.2) is 21.8 Å². The molecule has 2 aromatic rings. The summed E-state index contributed by atoms with van der Waals surface area (Å²) in [5.41, 5.74) is 2.28. The molecule has 0 aliphatic heterocycles. The molecule has 0 radical (unpaired) electrons. The Balaban J connectivity index is 2.20. The van der Waals surface area contributed by atoms with Gasteiger partial charge in [-0.2, -0.15) is 0 Å². The molecule has 18 heavy (non-hydrogen) atoms. The van der Waals surface area contributed by atoms with E-state index in [4.69, 9.17) is 5.11 Å². The maximum atomic E-state index is 12.1. The maximum absolute atomic E-state index is 12.1. The van der Waals surface area contributed by atoms with Gasteiger partial charge in [-0.25, -0.2) is 0 Å². The van der Waals surface area contributed by atoms with Crippen molar-refractivity contribution in [2.24, 2.45) is 5.92 Å². The fourth-order valence-corrected chi connectivity index (χ4v) is 2.87. The standard InChI is InChI=1S/C13H10BrNO3/c14-7-1-2-9-8(5-7)12-10(15-9)3-6(13(17)18)4-11(12)16/h1-2,5-6,15H,3-4H2,(H,17,18). The SMILES string of the molecule is O=C1CC(C(=O)O)Cc2[nH]c3ccc(Br)cc3c21. The highest BCUT2D eigenvalue weighted by Crippen LogP contribution is 2.33. The lowest BCUT2D eigenvalue weighted by Gasteiger charge is -2.17. The average molecular weight is 308 g/mol. The van der Waals surface area contributed by atoms with Gasteiger partial charge in [-0.05, 0) is 18.2 Å². The summed E-state index contributed by atoms with van der Waals surface area (Å²) >= 11 is 3.38. The minimum atomic E-state index is -0.908. The Labute approximate surface area is 111 Å². The number of H-pyrrole nitrogens is 1. The molecule has 3 rings (SSSR count). The summed E-state index contributed by atoms with van der Waals surface area (Å²) in [6, 6.07) is 5.67. The molecule has 92 valence electrons. The quantitative estimate of drug-likeness (QED) is 0.851. The van der Waals surface area contributed by atoms with Crippen LogP contribution in [0.15, 0.2) is 22.7 Å². The van der Waals surface area contributed by atoms with E-state index in [1.165, 1.54) is 0 Å². The predicted octanol–water partition coefficient (Wildman–Crippen LogP) is 2.76. The summed E-state index contributed by atoms with van der Waals surface area (Å²) < 4.78 is 0.907. The summed E-state index contributed by atoms with van der Waals surface area (Å²) in [5.74, 6) is -1.61. The highest BCUT2D eigenvalue weighted by molar-refractivity contribution is 9.10. The first-order valence-corrected chi connectivity index (χ1v) is 6.41. The zero-order valence-corrected chi connectivity index (χ0v) is 11.0. The summed E-state index contributed by atoms with van der Waals surface area (Å²) in [4.78, 5) is 26.2. The monoisotopic (exact) mass is 307 g/mol. The van der Waals surface area contributed by atoms with Gasteiger partial charge in [0, 0.05) is 39.5 Å². The van der Waals surface area contributed by atoms with Crippen LogP contribution in [0.4, 0.5) is 0 Å². The van der Waals surface area contributed by atoms with Crippen molar-refractivity contribution in [3.63, 3.8) is 0 Å². The first-order chi connectivity index (χ1) is 8.56. The van der Waals surface area contributed by atoms with E-state index in [1.807, 2.05) is 18.2 Å². The van der Waals surface area contributed by atoms with Gasteiger partial charge in [-0.1, -0.05) is 15.9 Å². The Hall–Kier alpha value is -1.62. The minimum absolute atomic E-state index is 0.0851. The second-order valence-electron chi connectivity index (χ2n) is 4.54. The number of hydrogen-bond acceptors (Lipinski definition) is 2. The number of carbonyl (C=O) groups is 2. The molecule has 1 unspecified atom stereocenters. The van der Waals surface area contributed by atoms with Gasteiger partial charge in [-0.3, -0.25) is 9.59 Å². The van der Waals surface area contributed by atoms with Crippen molar-refractivity contribution in [3.8, 4) is 0 Å². The van der Waals surface area contributed by atoms with E-state index in [0.717, 1.165) is 21.1 Å². The fraction of sp³-hybridized carbons (Fsp3) is 0.231. The van der Waals surface area contributed by atoms with Crippen molar-refractivity contribution in [2.75, 3.05) is 0 Å². The number of carboxylic acid groups (broad SMARTS) is 1. The molecule has 0 fully saturated rings. The molecule has 4 nitrogen and oxygen atoms in total. The van der Waals surface area contributed by atoms with Crippen molar-refractivity contribution in [1.29, 1.82) is 0 Å². The van der Waals surface area contributed by atoms with E-state index in [1.54, 1.807) is 0 Å². The van der Waals surface area contributed by atoms with Crippen LogP contribution in [-0.2, 0) is 11.2 Å². The molecule has 1 aliphatic carbocycles. The molecule has 0 spiro atoms. The van der Waals surface area contributed by atoms with Gasteiger partial charge in [0.2, 0.25) is 0 Å². The molecule has 0 saturated heterocycles. The van der Waals surface area contributed by atoms with E-state index in [-0.39, 0.29) is 12.2 Å². The molecule has 5 heteroatoms.